The highest BCUT2D eigenvalue weighted by Gasteiger charge is 2.26. The molecule has 0 aliphatic carbocycles. The summed E-state index contributed by atoms with van der Waals surface area (Å²) in [6.45, 7) is 2.90. The molecule has 7 heteroatoms. The van der Waals surface area contributed by atoms with Gasteiger partial charge in [0.1, 0.15) is 5.76 Å². The van der Waals surface area contributed by atoms with Gasteiger partial charge in [-0.2, -0.15) is 0 Å². The number of benzene rings is 1. The Morgan fingerprint density at radius 3 is 3.04 bits per heavy atom. The molecule has 0 saturated heterocycles. The maximum Gasteiger partial charge on any atom is 0.240 e. The molecule has 4 rings (SSSR count). The number of aryl methyl sites for hydroxylation is 1. The second-order valence-electron chi connectivity index (χ2n) is 6.85. The summed E-state index contributed by atoms with van der Waals surface area (Å²) >= 11 is 1.64. The number of fused-ring (bicyclic) bond motifs is 1. The van der Waals surface area contributed by atoms with Gasteiger partial charge in [-0.05, 0) is 49.6 Å². The Labute approximate surface area is 167 Å². The number of aromatic nitrogens is 1. The fourth-order valence-electron chi connectivity index (χ4n) is 3.59. The summed E-state index contributed by atoms with van der Waals surface area (Å²) in [5, 5.41) is 15.6. The largest absolute Gasteiger partial charge is 0.468 e. The number of aliphatic hydroxyl groups is 1. The maximum absolute atomic E-state index is 12.8. The van der Waals surface area contributed by atoms with Gasteiger partial charge in [0, 0.05) is 29.8 Å². The van der Waals surface area contributed by atoms with Crippen molar-refractivity contribution in [3.63, 3.8) is 0 Å². The van der Waals surface area contributed by atoms with Crippen molar-refractivity contribution in [3.05, 3.63) is 58.3 Å². The topological polar surface area (TPSA) is 78.6 Å². The summed E-state index contributed by atoms with van der Waals surface area (Å²) in [5.41, 5.74) is 4.23. The van der Waals surface area contributed by atoms with Gasteiger partial charge in [0.2, 0.25) is 5.91 Å². The molecule has 2 N–H and O–H groups in total. The first-order valence-corrected chi connectivity index (χ1v) is 10.3. The summed E-state index contributed by atoms with van der Waals surface area (Å²) in [6.07, 6.45) is 2.94. The van der Waals surface area contributed by atoms with E-state index in [4.69, 9.17) is 4.42 Å². The number of aliphatic hydroxyl groups excluding tert-OH is 1. The van der Waals surface area contributed by atoms with E-state index in [2.05, 4.69) is 21.7 Å². The van der Waals surface area contributed by atoms with E-state index in [0.29, 0.717) is 13.0 Å². The first-order valence-electron chi connectivity index (χ1n) is 9.39. The van der Waals surface area contributed by atoms with E-state index in [1.807, 2.05) is 30.0 Å². The van der Waals surface area contributed by atoms with Crippen molar-refractivity contribution in [1.29, 1.82) is 0 Å². The third kappa shape index (κ3) is 3.87. The van der Waals surface area contributed by atoms with Crippen LogP contribution in [-0.2, 0) is 11.2 Å². The summed E-state index contributed by atoms with van der Waals surface area (Å²) in [6, 6.07) is 9.67. The van der Waals surface area contributed by atoms with Crippen LogP contribution in [0.2, 0.25) is 0 Å². The van der Waals surface area contributed by atoms with Gasteiger partial charge in [-0.25, -0.2) is 4.98 Å². The van der Waals surface area contributed by atoms with E-state index in [-0.39, 0.29) is 25.1 Å². The van der Waals surface area contributed by atoms with Crippen LogP contribution >= 0.6 is 11.3 Å². The highest BCUT2D eigenvalue weighted by atomic mass is 32.1. The maximum atomic E-state index is 12.8. The van der Waals surface area contributed by atoms with E-state index in [1.54, 1.807) is 23.7 Å². The molecule has 6 nitrogen and oxygen atoms in total. The number of nitrogens with one attached hydrogen (secondary N) is 1. The molecule has 3 heterocycles. The lowest BCUT2D eigenvalue weighted by molar-refractivity contribution is -0.117. The fourth-order valence-corrected chi connectivity index (χ4v) is 4.21. The number of carbonyl (C=O) groups is 1. The smallest absolute Gasteiger partial charge is 0.240 e. The predicted molar refractivity (Wildman–Crippen MR) is 109 cm³/mol. The van der Waals surface area contributed by atoms with Crippen molar-refractivity contribution in [3.8, 4) is 11.3 Å². The lowest BCUT2D eigenvalue weighted by atomic mass is 10.1. The SMILES string of the molecule is Cc1nc(-c2ccc3c(c2)CCN3C(=O)CNC(CCO)c2ccco2)cs1. The zero-order valence-corrected chi connectivity index (χ0v) is 16.5. The zero-order valence-electron chi connectivity index (χ0n) is 15.7. The third-order valence-electron chi connectivity index (χ3n) is 4.99. The predicted octanol–water partition coefficient (Wildman–Crippen LogP) is 3.31. The van der Waals surface area contributed by atoms with Crippen LogP contribution < -0.4 is 10.2 Å². The van der Waals surface area contributed by atoms with Crippen molar-refractivity contribution in [2.75, 3.05) is 24.6 Å². The molecule has 0 saturated carbocycles. The Kier molecular flexibility index (Phi) is 5.57. The van der Waals surface area contributed by atoms with Crippen LogP contribution in [0, 0.1) is 6.92 Å². The first-order chi connectivity index (χ1) is 13.7. The molecular weight excluding hydrogens is 374 g/mol. The minimum atomic E-state index is -0.179. The molecule has 1 aliphatic rings. The van der Waals surface area contributed by atoms with E-state index in [9.17, 15) is 9.90 Å². The van der Waals surface area contributed by atoms with E-state index in [1.165, 1.54) is 5.56 Å². The first kappa shape index (κ1) is 18.9. The molecular formula is C21H23N3O3S. The Morgan fingerprint density at radius 2 is 2.32 bits per heavy atom. The van der Waals surface area contributed by atoms with Crippen LogP contribution in [-0.4, -0.2) is 35.7 Å². The van der Waals surface area contributed by atoms with Crippen LogP contribution in [0.15, 0.2) is 46.4 Å². The monoisotopic (exact) mass is 397 g/mol. The Hall–Kier alpha value is -2.48. The number of furan rings is 1. The van der Waals surface area contributed by atoms with Crippen LogP contribution in [0.1, 0.15) is 28.8 Å². The van der Waals surface area contributed by atoms with Crippen molar-refractivity contribution < 1.29 is 14.3 Å². The molecule has 0 fully saturated rings. The summed E-state index contributed by atoms with van der Waals surface area (Å²) in [7, 11) is 0. The molecule has 28 heavy (non-hydrogen) atoms. The van der Waals surface area contributed by atoms with E-state index in [0.717, 1.165) is 34.1 Å². The molecule has 3 aromatic rings. The molecule has 1 aromatic carbocycles. The van der Waals surface area contributed by atoms with Crippen molar-refractivity contribution in [1.82, 2.24) is 10.3 Å². The molecule has 0 bridgehead atoms. The third-order valence-corrected chi connectivity index (χ3v) is 5.77. The number of nitrogens with zero attached hydrogens (tertiary/aromatic N) is 2. The number of anilines is 1. The summed E-state index contributed by atoms with van der Waals surface area (Å²) in [5.74, 6) is 0.748. The number of hydrogen-bond acceptors (Lipinski definition) is 6. The molecule has 1 amide bonds. The van der Waals surface area contributed by atoms with Gasteiger partial charge in [-0.3, -0.25) is 10.1 Å². The van der Waals surface area contributed by atoms with Gasteiger partial charge in [-0.15, -0.1) is 11.3 Å². The number of thiazole rings is 1. The molecule has 1 unspecified atom stereocenters. The van der Waals surface area contributed by atoms with Crippen LogP contribution in [0.3, 0.4) is 0 Å². The van der Waals surface area contributed by atoms with Gasteiger partial charge in [0.15, 0.2) is 0 Å². The lowest BCUT2D eigenvalue weighted by Crippen LogP contribution is -2.38. The average Bonchev–Trinajstić information content (AvgIpc) is 3.44. The van der Waals surface area contributed by atoms with Gasteiger partial charge >= 0.3 is 0 Å². The number of carbonyl (C=O) groups excluding carboxylic acids is 1. The fraction of sp³-hybridized carbons (Fsp3) is 0.333. The van der Waals surface area contributed by atoms with E-state index < -0.39 is 0 Å². The summed E-state index contributed by atoms with van der Waals surface area (Å²) in [4.78, 5) is 19.2. The second kappa shape index (κ2) is 8.26. The van der Waals surface area contributed by atoms with Gasteiger partial charge < -0.3 is 14.4 Å². The quantitative estimate of drug-likeness (QED) is 0.639. The number of rotatable bonds is 7. The van der Waals surface area contributed by atoms with Crippen molar-refractivity contribution in [2.45, 2.75) is 25.8 Å². The Balaban J connectivity index is 1.44. The average molecular weight is 398 g/mol. The van der Waals surface area contributed by atoms with Crippen LogP contribution in [0.4, 0.5) is 5.69 Å². The Bertz CT molecular complexity index is 952. The molecule has 146 valence electrons. The van der Waals surface area contributed by atoms with Crippen molar-refractivity contribution in [2.24, 2.45) is 0 Å². The van der Waals surface area contributed by atoms with Crippen LogP contribution in [0.25, 0.3) is 11.3 Å². The zero-order chi connectivity index (χ0) is 19.5. The molecule has 2 aromatic heterocycles. The Morgan fingerprint density at radius 1 is 1.43 bits per heavy atom. The minimum Gasteiger partial charge on any atom is -0.468 e. The van der Waals surface area contributed by atoms with Crippen LogP contribution in [0.5, 0.6) is 0 Å². The minimum absolute atomic E-state index is 0.0190. The lowest BCUT2D eigenvalue weighted by Gasteiger charge is -2.20. The second-order valence-corrected chi connectivity index (χ2v) is 7.91. The molecule has 0 radical (unpaired) electrons. The van der Waals surface area contributed by atoms with Gasteiger partial charge in [0.05, 0.1) is 29.6 Å². The summed E-state index contributed by atoms with van der Waals surface area (Å²) < 4.78 is 5.42. The highest BCUT2D eigenvalue weighted by Crippen LogP contribution is 2.32. The number of hydrogen-bond donors (Lipinski definition) is 2. The van der Waals surface area contributed by atoms with E-state index >= 15 is 0 Å². The van der Waals surface area contributed by atoms with Crippen molar-refractivity contribution >= 4 is 22.9 Å². The van der Waals surface area contributed by atoms with Gasteiger partial charge in [-0.1, -0.05) is 6.07 Å². The standard InChI is InChI=1S/C21H23N3O3S/c1-14-23-18(13-28-14)15-4-5-19-16(11-15)6-8-24(19)21(26)12-22-17(7-9-25)20-3-2-10-27-20/h2-5,10-11,13,17,22,25H,6-9,12H2,1H3. The molecule has 1 aliphatic heterocycles. The number of amides is 1. The normalized spacial score (nSPS) is 14.3. The van der Waals surface area contributed by atoms with Gasteiger partial charge in [0.25, 0.3) is 0 Å². The molecule has 0 spiro atoms. The highest BCUT2D eigenvalue weighted by molar-refractivity contribution is 7.09. The molecule has 1 atom stereocenters.